The van der Waals surface area contributed by atoms with E-state index in [1.807, 2.05) is 32.0 Å². The maximum Gasteiger partial charge on any atom is 0.232 e. The Bertz CT molecular complexity index is 926. The summed E-state index contributed by atoms with van der Waals surface area (Å²) in [5, 5.41) is 3.34. The van der Waals surface area contributed by atoms with Gasteiger partial charge in [-0.3, -0.25) is 9.10 Å². The summed E-state index contributed by atoms with van der Waals surface area (Å²) in [6.07, 6.45) is 1.17. The lowest BCUT2D eigenvalue weighted by molar-refractivity contribution is -0.116. The summed E-state index contributed by atoms with van der Waals surface area (Å²) >= 11 is 5.95. The fourth-order valence-corrected chi connectivity index (χ4v) is 3.82. The third kappa shape index (κ3) is 5.22. The minimum atomic E-state index is -3.52. The van der Waals surface area contributed by atoms with Gasteiger partial charge in [-0.15, -0.1) is 0 Å². The molecule has 2 aromatic rings. The molecular weight excluding hydrogens is 372 g/mol. The van der Waals surface area contributed by atoms with Crippen LogP contribution in [0.25, 0.3) is 0 Å². The number of benzene rings is 2. The zero-order valence-corrected chi connectivity index (χ0v) is 16.9. The highest BCUT2D eigenvalue weighted by Gasteiger charge is 2.20. The van der Waals surface area contributed by atoms with Crippen LogP contribution in [0.5, 0.6) is 0 Å². The number of halogens is 1. The Morgan fingerprint density at radius 2 is 1.73 bits per heavy atom. The normalized spacial score (nSPS) is 11.3. The largest absolute Gasteiger partial charge is 0.326 e. The van der Waals surface area contributed by atoms with E-state index in [9.17, 15) is 13.2 Å². The summed E-state index contributed by atoms with van der Waals surface area (Å²) in [4.78, 5) is 12.3. The number of nitrogens with one attached hydrogen (secondary N) is 1. The van der Waals surface area contributed by atoms with Crippen LogP contribution in [0.4, 0.5) is 11.4 Å². The summed E-state index contributed by atoms with van der Waals surface area (Å²) in [6, 6.07) is 10.6. The molecule has 0 aliphatic heterocycles. The predicted octanol–water partition coefficient (Wildman–Crippen LogP) is 4.06. The van der Waals surface area contributed by atoms with Crippen LogP contribution in [0, 0.1) is 20.8 Å². The number of nitrogens with zero attached hydrogens (tertiary/aromatic N) is 1. The van der Waals surface area contributed by atoms with Crippen molar-refractivity contribution in [3.05, 3.63) is 58.1 Å². The quantitative estimate of drug-likeness (QED) is 0.803. The van der Waals surface area contributed by atoms with E-state index in [1.165, 1.54) is 4.31 Å². The molecule has 0 aromatic heterocycles. The molecule has 0 fully saturated rings. The molecule has 1 amide bonds. The van der Waals surface area contributed by atoms with Gasteiger partial charge in [-0.1, -0.05) is 17.7 Å². The smallest absolute Gasteiger partial charge is 0.232 e. The topological polar surface area (TPSA) is 66.5 Å². The molecule has 7 heteroatoms. The van der Waals surface area contributed by atoms with Gasteiger partial charge in [0.25, 0.3) is 0 Å². The predicted molar refractivity (Wildman–Crippen MR) is 108 cm³/mol. The molecule has 0 heterocycles. The van der Waals surface area contributed by atoms with Crippen LogP contribution >= 0.6 is 11.6 Å². The summed E-state index contributed by atoms with van der Waals surface area (Å²) in [5.41, 5.74) is 4.18. The number of carbonyl (C=O) groups is 1. The lowest BCUT2D eigenvalue weighted by atomic mass is 10.1. The van der Waals surface area contributed by atoms with Gasteiger partial charge in [0.1, 0.15) is 0 Å². The third-order valence-corrected chi connectivity index (χ3v) is 5.58. The Kier molecular flexibility index (Phi) is 6.31. The first kappa shape index (κ1) is 20.3. The number of hydrogen-bond donors (Lipinski definition) is 1. The van der Waals surface area contributed by atoms with Gasteiger partial charge in [0.05, 0.1) is 11.9 Å². The first-order valence-electron chi connectivity index (χ1n) is 8.19. The molecule has 5 nitrogen and oxygen atoms in total. The number of anilines is 2. The molecule has 2 rings (SSSR count). The van der Waals surface area contributed by atoms with E-state index < -0.39 is 10.0 Å². The van der Waals surface area contributed by atoms with Gasteiger partial charge in [-0.25, -0.2) is 8.42 Å². The van der Waals surface area contributed by atoms with E-state index >= 15 is 0 Å². The van der Waals surface area contributed by atoms with Gasteiger partial charge in [0, 0.05) is 23.7 Å². The molecule has 0 saturated heterocycles. The third-order valence-electron chi connectivity index (χ3n) is 4.16. The second-order valence-corrected chi connectivity index (χ2v) is 8.71. The van der Waals surface area contributed by atoms with Crippen molar-refractivity contribution in [3.8, 4) is 0 Å². The number of rotatable bonds is 6. The van der Waals surface area contributed by atoms with Crippen LogP contribution in [0.1, 0.15) is 23.1 Å². The number of hydrogen-bond acceptors (Lipinski definition) is 3. The van der Waals surface area contributed by atoms with E-state index in [2.05, 4.69) is 5.32 Å². The van der Waals surface area contributed by atoms with E-state index in [0.29, 0.717) is 16.4 Å². The highest BCUT2D eigenvalue weighted by Crippen LogP contribution is 2.26. The molecule has 2 aromatic carbocycles. The van der Waals surface area contributed by atoms with E-state index in [4.69, 9.17) is 11.6 Å². The maximum atomic E-state index is 12.3. The van der Waals surface area contributed by atoms with Gasteiger partial charge in [0.2, 0.25) is 15.9 Å². The lowest BCUT2D eigenvalue weighted by Gasteiger charge is -2.24. The molecular formula is C19H23ClN2O3S. The average Bonchev–Trinajstić information content (AvgIpc) is 2.51. The maximum absolute atomic E-state index is 12.3. The van der Waals surface area contributed by atoms with Crippen molar-refractivity contribution in [2.45, 2.75) is 27.2 Å². The Hall–Kier alpha value is -2.05. The Labute approximate surface area is 160 Å². The molecule has 0 aliphatic rings. The van der Waals surface area contributed by atoms with Crippen LogP contribution < -0.4 is 9.62 Å². The molecule has 0 atom stereocenters. The van der Waals surface area contributed by atoms with Crippen LogP contribution in [0.3, 0.4) is 0 Å². The van der Waals surface area contributed by atoms with Crippen molar-refractivity contribution in [2.75, 3.05) is 22.4 Å². The van der Waals surface area contributed by atoms with E-state index in [-0.39, 0.29) is 18.9 Å². The second kappa shape index (κ2) is 8.10. The fraction of sp³-hybridized carbons (Fsp3) is 0.316. The van der Waals surface area contributed by atoms with Gasteiger partial charge in [-0.05, 0) is 67.8 Å². The zero-order valence-electron chi connectivity index (χ0n) is 15.3. The van der Waals surface area contributed by atoms with Crippen LogP contribution in [0.15, 0.2) is 36.4 Å². The number of amides is 1. The molecule has 0 radical (unpaired) electrons. The first-order valence-corrected chi connectivity index (χ1v) is 10.4. The van der Waals surface area contributed by atoms with Crippen LogP contribution in [-0.2, 0) is 14.8 Å². The van der Waals surface area contributed by atoms with Crippen molar-refractivity contribution in [1.29, 1.82) is 0 Å². The van der Waals surface area contributed by atoms with Crippen LogP contribution in [0.2, 0.25) is 5.02 Å². The van der Waals surface area contributed by atoms with Crippen molar-refractivity contribution in [1.82, 2.24) is 0 Å². The fourth-order valence-electron chi connectivity index (χ4n) is 2.61. The molecule has 0 unspecified atom stereocenters. The van der Waals surface area contributed by atoms with Gasteiger partial charge in [-0.2, -0.15) is 0 Å². The van der Waals surface area contributed by atoms with Crippen molar-refractivity contribution in [3.63, 3.8) is 0 Å². The summed E-state index contributed by atoms with van der Waals surface area (Å²) in [6.45, 7) is 5.81. The number of aryl methyl sites for hydroxylation is 3. The monoisotopic (exact) mass is 394 g/mol. The lowest BCUT2D eigenvalue weighted by Crippen LogP contribution is -2.33. The Balaban J connectivity index is 2.12. The first-order chi connectivity index (χ1) is 12.1. The molecule has 0 aliphatic carbocycles. The van der Waals surface area contributed by atoms with Crippen molar-refractivity contribution >= 4 is 38.9 Å². The highest BCUT2D eigenvalue weighted by atomic mass is 35.5. The molecule has 0 saturated carbocycles. The molecule has 140 valence electrons. The zero-order chi connectivity index (χ0) is 19.5. The molecule has 1 N–H and O–H groups in total. The Morgan fingerprint density at radius 1 is 1.04 bits per heavy atom. The van der Waals surface area contributed by atoms with Gasteiger partial charge >= 0.3 is 0 Å². The van der Waals surface area contributed by atoms with E-state index in [0.717, 1.165) is 22.9 Å². The molecule has 26 heavy (non-hydrogen) atoms. The van der Waals surface area contributed by atoms with Gasteiger partial charge < -0.3 is 5.32 Å². The Morgan fingerprint density at radius 3 is 2.31 bits per heavy atom. The van der Waals surface area contributed by atoms with Crippen molar-refractivity contribution in [2.24, 2.45) is 0 Å². The number of sulfonamides is 1. The van der Waals surface area contributed by atoms with Gasteiger partial charge in [0.15, 0.2) is 0 Å². The summed E-state index contributed by atoms with van der Waals surface area (Å²) < 4.78 is 25.6. The van der Waals surface area contributed by atoms with E-state index in [1.54, 1.807) is 25.1 Å². The standard InChI is InChI=1S/C19H23ClN2O3S/c1-13-5-7-17(12-14(13)2)21-19(23)9-10-22(26(4,24)25)18-8-6-16(20)11-15(18)3/h5-8,11-12H,9-10H2,1-4H3,(H,21,23). The van der Waals surface area contributed by atoms with Crippen LogP contribution in [-0.4, -0.2) is 27.1 Å². The number of carbonyl (C=O) groups excluding carboxylic acids is 1. The SMILES string of the molecule is Cc1ccc(NC(=O)CCN(c2ccc(Cl)cc2C)S(C)(=O)=O)cc1C. The highest BCUT2D eigenvalue weighted by molar-refractivity contribution is 7.92. The second-order valence-electron chi connectivity index (χ2n) is 6.36. The summed E-state index contributed by atoms with van der Waals surface area (Å²) in [5.74, 6) is -0.242. The van der Waals surface area contributed by atoms with Crippen molar-refractivity contribution < 1.29 is 13.2 Å². The minimum absolute atomic E-state index is 0.0437. The average molecular weight is 395 g/mol. The molecule has 0 bridgehead atoms. The molecule has 0 spiro atoms. The minimum Gasteiger partial charge on any atom is -0.326 e. The summed E-state index contributed by atoms with van der Waals surface area (Å²) in [7, 11) is -3.52.